The van der Waals surface area contributed by atoms with E-state index in [9.17, 15) is 4.39 Å². The summed E-state index contributed by atoms with van der Waals surface area (Å²) in [5.74, 6) is 1.56. The Labute approximate surface area is 182 Å². The number of fused-ring (bicyclic) bond motifs is 1. The minimum Gasteiger partial charge on any atom is -0.486 e. The van der Waals surface area contributed by atoms with Gasteiger partial charge in [-0.1, -0.05) is 35.9 Å². The van der Waals surface area contributed by atoms with Gasteiger partial charge in [-0.25, -0.2) is 4.39 Å². The van der Waals surface area contributed by atoms with Crippen LogP contribution < -0.4 is 14.8 Å². The third-order valence-electron chi connectivity index (χ3n) is 4.84. The zero-order chi connectivity index (χ0) is 21.2. The highest BCUT2D eigenvalue weighted by Crippen LogP contribution is 2.37. The van der Waals surface area contributed by atoms with E-state index in [-0.39, 0.29) is 5.02 Å². The molecule has 1 unspecified atom stereocenters. The van der Waals surface area contributed by atoms with Crippen LogP contribution in [0.3, 0.4) is 0 Å². The highest BCUT2D eigenvalue weighted by molar-refractivity contribution is 6.31. The first-order valence-corrected chi connectivity index (χ1v) is 10.0. The van der Waals surface area contributed by atoms with E-state index in [1.807, 2.05) is 48.5 Å². The summed E-state index contributed by atoms with van der Waals surface area (Å²) in [6.45, 7) is 0.992. The van der Waals surface area contributed by atoms with Crippen LogP contribution in [0.4, 0.5) is 10.1 Å². The van der Waals surface area contributed by atoms with Crippen LogP contribution in [0, 0.1) is 5.82 Å². The van der Waals surface area contributed by atoms with Crippen LogP contribution in [0.15, 0.2) is 71.1 Å². The second kappa shape index (κ2) is 8.28. The van der Waals surface area contributed by atoms with E-state index in [2.05, 4.69) is 15.5 Å². The van der Waals surface area contributed by atoms with Crippen LogP contribution in [0.25, 0.3) is 11.5 Å². The number of anilines is 1. The molecule has 0 fully saturated rings. The summed E-state index contributed by atoms with van der Waals surface area (Å²) in [6, 6.07) is 18.5. The van der Waals surface area contributed by atoms with Gasteiger partial charge in [-0.3, -0.25) is 0 Å². The van der Waals surface area contributed by atoms with Crippen LogP contribution in [-0.4, -0.2) is 23.4 Å². The second-order valence-electron chi connectivity index (χ2n) is 6.91. The van der Waals surface area contributed by atoms with Crippen molar-refractivity contribution >= 4 is 17.3 Å². The molecular weight excluding hydrogens is 421 g/mol. The summed E-state index contributed by atoms with van der Waals surface area (Å²) in [7, 11) is 0. The van der Waals surface area contributed by atoms with Crippen LogP contribution in [-0.2, 0) is 0 Å². The van der Waals surface area contributed by atoms with Crippen molar-refractivity contribution in [3.8, 4) is 23.0 Å². The number of hydrogen-bond donors (Lipinski definition) is 1. The molecule has 3 aromatic carbocycles. The molecule has 0 amide bonds. The average Bonchev–Trinajstić information content (AvgIpc) is 3.28. The van der Waals surface area contributed by atoms with Gasteiger partial charge in [-0.15, -0.1) is 10.2 Å². The summed E-state index contributed by atoms with van der Waals surface area (Å²) < 4.78 is 30.9. The highest BCUT2D eigenvalue weighted by atomic mass is 35.5. The van der Waals surface area contributed by atoms with E-state index in [1.54, 1.807) is 6.07 Å². The lowest BCUT2D eigenvalue weighted by molar-refractivity contribution is 0.171. The molecule has 0 aliphatic carbocycles. The summed E-state index contributed by atoms with van der Waals surface area (Å²) in [5.41, 5.74) is 2.12. The van der Waals surface area contributed by atoms with Crippen LogP contribution >= 0.6 is 11.6 Å². The van der Waals surface area contributed by atoms with Crippen molar-refractivity contribution in [1.82, 2.24) is 10.2 Å². The molecular formula is C23H17ClFN3O3. The predicted molar refractivity (Wildman–Crippen MR) is 114 cm³/mol. The van der Waals surface area contributed by atoms with Gasteiger partial charge in [0, 0.05) is 27.9 Å². The monoisotopic (exact) mass is 437 g/mol. The fourth-order valence-corrected chi connectivity index (χ4v) is 3.63. The fourth-order valence-electron chi connectivity index (χ4n) is 3.36. The van der Waals surface area contributed by atoms with Gasteiger partial charge < -0.3 is 19.2 Å². The number of rotatable bonds is 5. The molecule has 4 aromatic rings. The maximum Gasteiger partial charge on any atom is 0.247 e. The molecule has 0 saturated carbocycles. The third-order valence-corrected chi connectivity index (χ3v) is 5.16. The molecule has 1 N–H and O–H groups in total. The zero-order valence-corrected chi connectivity index (χ0v) is 17.0. The summed E-state index contributed by atoms with van der Waals surface area (Å²) >= 11 is 6.37. The van der Waals surface area contributed by atoms with Crippen molar-refractivity contribution in [3.63, 3.8) is 0 Å². The number of hydrogen-bond acceptors (Lipinski definition) is 6. The van der Waals surface area contributed by atoms with Crippen molar-refractivity contribution < 1.29 is 18.3 Å². The highest BCUT2D eigenvalue weighted by Gasteiger charge is 2.25. The molecule has 1 aromatic heterocycles. The van der Waals surface area contributed by atoms with Crippen LogP contribution in [0.5, 0.6) is 11.5 Å². The van der Waals surface area contributed by atoms with Gasteiger partial charge in [0.05, 0.1) is 0 Å². The van der Waals surface area contributed by atoms with Crippen LogP contribution in [0.2, 0.25) is 5.02 Å². The van der Waals surface area contributed by atoms with Gasteiger partial charge in [0.1, 0.15) is 25.1 Å². The van der Waals surface area contributed by atoms with E-state index in [4.69, 9.17) is 25.5 Å². The normalized spacial score (nSPS) is 13.6. The second-order valence-corrected chi connectivity index (χ2v) is 7.32. The van der Waals surface area contributed by atoms with Gasteiger partial charge in [-0.05, 0) is 36.4 Å². The van der Waals surface area contributed by atoms with Gasteiger partial charge >= 0.3 is 0 Å². The number of aromatic nitrogens is 2. The minimum absolute atomic E-state index is 0.245. The van der Waals surface area contributed by atoms with E-state index in [0.717, 1.165) is 11.3 Å². The molecule has 1 aliphatic rings. The Balaban J connectivity index is 1.53. The summed E-state index contributed by atoms with van der Waals surface area (Å²) in [6.07, 6.45) is 0. The lowest BCUT2D eigenvalue weighted by Crippen LogP contribution is -2.17. The van der Waals surface area contributed by atoms with E-state index in [0.29, 0.717) is 42.1 Å². The number of nitrogens with zero attached hydrogens (tertiary/aromatic N) is 2. The van der Waals surface area contributed by atoms with Gasteiger partial charge in [-0.2, -0.15) is 0 Å². The Hall–Kier alpha value is -3.58. The Bertz CT molecular complexity index is 1220. The van der Waals surface area contributed by atoms with Gasteiger partial charge in [0.2, 0.25) is 11.8 Å². The number of ether oxygens (including phenoxy) is 2. The standard InChI is InChI=1S/C23H17ClFN3O3/c24-18-12-15(25)6-8-17(18)21(23-28-27-22(31-23)14-4-2-1-3-5-14)26-16-7-9-19-20(13-16)30-11-10-29-19/h1-9,12-13,21,26H,10-11H2. The predicted octanol–water partition coefficient (Wildman–Crippen LogP) is 5.50. The van der Waals surface area contributed by atoms with Crippen molar-refractivity contribution in [3.05, 3.63) is 89.0 Å². The molecule has 1 atom stereocenters. The maximum absolute atomic E-state index is 13.7. The van der Waals surface area contributed by atoms with Crippen molar-refractivity contribution in [2.24, 2.45) is 0 Å². The fraction of sp³-hybridized carbons (Fsp3) is 0.130. The first kappa shape index (κ1) is 19.4. The van der Waals surface area contributed by atoms with Gasteiger partial charge in [0.15, 0.2) is 11.5 Å². The maximum atomic E-state index is 13.7. The molecule has 0 saturated heterocycles. The van der Waals surface area contributed by atoms with Crippen molar-refractivity contribution in [1.29, 1.82) is 0 Å². The Morgan fingerprint density at radius 3 is 2.52 bits per heavy atom. The molecule has 156 valence electrons. The lowest BCUT2D eigenvalue weighted by atomic mass is 10.1. The molecule has 1 aliphatic heterocycles. The number of benzene rings is 3. The molecule has 0 bridgehead atoms. The Morgan fingerprint density at radius 2 is 1.71 bits per heavy atom. The number of nitrogens with one attached hydrogen (secondary N) is 1. The lowest BCUT2D eigenvalue weighted by Gasteiger charge is -2.22. The SMILES string of the molecule is Fc1ccc(C(Nc2ccc3c(c2)OCCO3)c2nnc(-c3ccccc3)o2)c(Cl)c1. The minimum atomic E-state index is -0.611. The zero-order valence-electron chi connectivity index (χ0n) is 16.2. The number of halogens is 2. The topological polar surface area (TPSA) is 69.4 Å². The first-order chi connectivity index (χ1) is 15.2. The van der Waals surface area contributed by atoms with Crippen LogP contribution in [0.1, 0.15) is 17.5 Å². The molecule has 0 radical (unpaired) electrons. The smallest absolute Gasteiger partial charge is 0.247 e. The molecule has 0 spiro atoms. The average molecular weight is 438 g/mol. The van der Waals surface area contributed by atoms with Gasteiger partial charge in [0.25, 0.3) is 0 Å². The first-order valence-electron chi connectivity index (χ1n) is 9.67. The van der Waals surface area contributed by atoms with Crippen molar-refractivity contribution in [2.75, 3.05) is 18.5 Å². The summed E-state index contributed by atoms with van der Waals surface area (Å²) in [4.78, 5) is 0. The molecule has 31 heavy (non-hydrogen) atoms. The molecule has 5 rings (SSSR count). The Morgan fingerprint density at radius 1 is 0.903 bits per heavy atom. The Kier molecular flexibility index (Phi) is 5.18. The largest absolute Gasteiger partial charge is 0.486 e. The van der Waals surface area contributed by atoms with E-state index >= 15 is 0 Å². The third kappa shape index (κ3) is 4.04. The molecule has 8 heteroatoms. The molecule has 6 nitrogen and oxygen atoms in total. The van der Waals surface area contributed by atoms with E-state index < -0.39 is 11.9 Å². The molecule has 2 heterocycles. The quantitative estimate of drug-likeness (QED) is 0.444. The summed E-state index contributed by atoms with van der Waals surface area (Å²) in [5, 5.41) is 12.0. The van der Waals surface area contributed by atoms with E-state index in [1.165, 1.54) is 12.1 Å². The van der Waals surface area contributed by atoms with Crippen molar-refractivity contribution in [2.45, 2.75) is 6.04 Å².